The highest BCUT2D eigenvalue weighted by Crippen LogP contribution is 2.35. The molecule has 2 fully saturated rings. The minimum atomic E-state index is -0.362. The second kappa shape index (κ2) is 15.9. The summed E-state index contributed by atoms with van der Waals surface area (Å²) in [5, 5.41) is 6.28. The molecule has 2 heterocycles. The molecule has 51 heavy (non-hydrogen) atoms. The molecule has 1 aromatic heterocycles. The van der Waals surface area contributed by atoms with Crippen LogP contribution in [0.5, 0.6) is 5.75 Å². The van der Waals surface area contributed by atoms with Gasteiger partial charge in [-0.25, -0.2) is 0 Å². The number of hydrogen-bond donors (Lipinski definition) is 2. The maximum absolute atomic E-state index is 13.7. The predicted molar refractivity (Wildman–Crippen MR) is 196 cm³/mol. The third-order valence-electron chi connectivity index (χ3n) is 10.1. The first kappa shape index (κ1) is 34.4. The molecule has 1 atom stereocenters. The Morgan fingerprint density at radius 1 is 0.882 bits per heavy atom. The molecular formula is C41H45N5O5. The molecule has 0 spiro atoms. The van der Waals surface area contributed by atoms with Gasteiger partial charge in [0.2, 0.25) is 0 Å². The average molecular weight is 688 g/mol. The molecule has 264 valence electrons. The van der Waals surface area contributed by atoms with E-state index in [0.717, 1.165) is 58.2 Å². The van der Waals surface area contributed by atoms with E-state index in [2.05, 4.69) is 32.7 Å². The number of likely N-dealkylation sites (N-methyl/N-ethyl adjacent to an activating group) is 1. The fraction of sp³-hybridized carbons (Fsp3) is 0.366. The number of ether oxygens (including phenoxy) is 2. The van der Waals surface area contributed by atoms with Gasteiger partial charge >= 0.3 is 0 Å². The number of anilines is 1. The van der Waals surface area contributed by atoms with E-state index in [1.807, 2.05) is 30.3 Å². The Labute approximate surface area is 299 Å². The Morgan fingerprint density at radius 3 is 2.51 bits per heavy atom. The van der Waals surface area contributed by atoms with Gasteiger partial charge in [-0.1, -0.05) is 30.3 Å². The molecule has 10 heteroatoms. The third-order valence-corrected chi connectivity index (χ3v) is 10.1. The summed E-state index contributed by atoms with van der Waals surface area (Å²) in [5.74, 6) is -0.00780. The van der Waals surface area contributed by atoms with Crippen LogP contribution >= 0.6 is 0 Å². The van der Waals surface area contributed by atoms with Crippen molar-refractivity contribution in [2.45, 2.75) is 50.7 Å². The molecule has 2 aliphatic carbocycles. The second-order valence-electron chi connectivity index (χ2n) is 13.6. The van der Waals surface area contributed by atoms with Gasteiger partial charge in [0.1, 0.15) is 5.75 Å². The third kappa shape index (κ3) is 8.30. The minimum Gasteiger partial charge on any atom is -0.490 e. The summed E-state index contributed by atoms with van der Waals surface area (Å²) in [7, 11) is 1.78. The van der Waals surface area contributed by atoms with Crippen molar-refractivity contribution in [1.82, 2.24) is 20.1 Å². The maximum atomic E-state index is 13.7. The molecule has 3 amide bonds. The van der Waals surface area contributed by atoms with Crippen molar-refractivity contribution in [3.05, 3.63) is 113 Å². The van der Waals surface area contributed by atoms with Gasteiger partial charge in [-0.15, -0.1) is 0 Å². The highest BCUT2D eigenvalue weighted by Gasteiger charge is 2.24. The molecule has 1 saturated heterocycles. The molecule has 1 aliphatic heterocycles. The Balaban J connectivity index is 1.09. The molecule has 0 radical (unpaired) electrons. The summed E-state index contributed by atoms with van der Waals surface area (Å²) in [4.78, 5) is 49.2. The summed E-state index contributed by atoms with van der Waals surface area (Å²) in [6, 6.07) is 24.0. The molecule has 10 nitrogen and oxygen atoms in total. The topological polar surface area (TPSA) is 113 Å². The number of rotatable bonds is 11. The van der Waals surface area contributed by atoms with Gasteiger partial charge in [-0.2, -0.15) is 0 Å². The molecule has 2 N–H and O–H groups in total. The molecule has 7 rings (SSSR count). The molecular weight excluding hydrogens is 642 g/mol. The number of pyridine rings is 1. The van der Waals surface area contributed by atoms with Gasteiger partial charge < -0.3 is 25.0 Å². The van der Waals surface area contributed by atoms with Crippen molar-refractivity contribution in [3.8, 4) is 17.0 Å². The maximum Gasteiger partial charge on any atom is 0.255 e. The van der Waals surface area contributed by atoms with Crippen molar-refractivity contribution in [2.24, 2.45) is 0 Å². The summed E-state index contributed by atoms with van der Waals surface area (Å²) in [6.45, 7) is 4.47. The first-order valence-electron chi connectivity index (χ1n) is 18.0. The zero-order valence-corrected chi connectivity index (χ0v) is 29.1. The molecule has 4 aromatic rings. The number of carbonyl (C=O) groups excluding carboxylic acids is 3. The molecule has 3 aliphatic rings. The van der Waals surface area contributed by atoms with Crippen molar-refractivity contribution in [1.29, 1.82) is 0 Å². The van der Waals surface area contributed by atoms with Crippen LogP contribution in [-0.2, 0) is 11.2 Å². The lowest BCUT2D eigenvalue weighted by atomic mass is 9.87. The Hall–Kier alpha value is -5.06. The number of carbonyl (C=O) groups is 3. The van der Waals surface area contributed by atoms with E-state index in [9.17, 15) is 14.4 Å². The van der Waals surface area contributed by atoms with Gasteiger partial charge in [0.05, 0.1) is 36.7 Å². The largest absolute Gasteiger partial charge is 0.490 e. The summed E-state index contributed by atoms with van der Waals surface area (Å²) < 4.78 is 11.6. The number of fused-ring (bicyclic) bond motifs is 1. The number of aryl methyl sites for hydroxylation is 1. The first-order valence-corrected chi connectivity index (χ1v) is 18.0. The lowest BCUT2D eigenvalue weighted by Gasteiger charge is -2.28. The normalized spacial score (nSPS) is 17.5. The fourth-order valence-corrected chi connectivity index (χ4v) is 6.89. The van der Waals surface area contributed by atoms with Crippen LogP contribution in [0.15, 0.2) is 85.1 Å². The van der Waals surface area contributed by atoms with Crippen LogP contribution in [0.25, 0.3) is 11.3 Å². The highest BCUT2D eigenvalue weighted by molar-refractivity contribution is 6.08. The SMILES string of the molecule is CN(CCN1CCOCC1)C(=O)c1cccc(C(=O)Nc2ccc(OC3CCC3)cc2-c2cc(C(=O)NC3CCCc4ccccc43)ccn2)c1. The zero-order chi connectivity index (χ0) is 35.2. The fourth-order valence-electron chi connectivity index (χ4n) is 6.89. The average Bonchev–Trinajstić information content (AvgIpc) is 3.16. The highest BCUT2D eigenvalue weighted by atomic mass is 16.5. The van der Waals surface area contributed by atoms with E-state index in [0.29, 0.717) is 59.1 Å². The molecule has 1 saturated carbocycles. The van der Waals surface area contributed by atoms with Crippen molar-refractivity contribution < 1.29 is 23.9 Å². The van der Waals surface area contributed by atoms with Crippen molar-refractivity contribution in [2.75, 3.05) is 51.8 Å². The monoisotopic (exact) mass is 687 g/mol. The van der Waals surface area contributed by atoms with E-state index < -0.39 is 0 Å². The van der Waals surface area contributed by atoms with Gasteiger partial charge in [-0.3, -0.25) is 24.3 Å². The van der Waals surface area contributed by atoms with E-state index in [1.165, 1.54) is 11.1 Å². The van der Waals surface area contributed by atoms with Crippen LogP contribution in [0, 0.1) is 0 Å². The number of morpholine rings is 1. The van der Waals surface area contributed by atoms with Crippen LogP contribution < -0.4 is 15.4 Å². The second-order valence-corrected chi connectivity index (χ2v) is 13.6. The minimum absolute atomic E-state index is 0.0553. The summed E-state index contributed by atoms with van der Waals surface area (Å²) >= 11 is 0. The van der Waals surface area contributed by atoms with Crippen molar-refractivity contribution >= 4 is 23.4 Å². The Kier molecular flexibility index (Phi) is 10.7. The number of benzene rings is 3. The predicted octanol–water partition coefficient (Wildman–Crippen LogP) is 6.14. The lowest BCUT2D eigenvalue weighted by molar-refractivity contribution is 0.0338. The quantitative estimate of drug-likeness (QED) is 0.195. The van der Waals surface area contributed by atoms with E-state index in [4.69, 9.17) is 9.47 Å². The van der Waals surface area contributed by atoms with Gasteiger partial charge in [0.25, 0.3) is 17.7 Å². The van der Waals surface area contributed by atoms with Gasteiger partial charge in [0, 0.05) is 61.7 Å². The van der Waals surface area contributed by atoms with Gasteiger partial charge in [0.15, 0.2) is 0 Å². The Bertz CT molecular complexity index is 1890. The Morgan fingerprint density at radius 2 is 1.69 bits per heavy atom. The number of aromatic nitrogens is 1. The lowest BCUT2D eigenvalue weighted by Crippen LogP contribution is -2.41. The smallest absolute Gasteiger partial charge is 0.255 e. The molecule has 1 unspecified atom stereocenters. The number of nitrogens with zero attached hydrogens (tertiary/aromatic N) is 3. The van der Waals surface area contributed by atoms with Crippen LogP contribution in [0.1, 0.15) is 80.3 Å². The van der Waals surface area contributed by atoms with Crippen LogP contribution in [-0.4, -0.2) is 85.0 Å². The van der Waals surface area contributed by atoms with Crippen LogP contribution in [0.3, 0.4) is 0 Å². The number of hydrogen-bond acceptors (Lipinski definition) is 7. The summed E-state index contributed by atoms with van der Waals surface area (Å²) in [6.07, 6.45) is 7.85. The van der Waals surface area contributed by atoms with Crippen LogP contribution in [0.2, 0.25) is 0 Å². The van der Waals surface area contributed by atoms with Crippen molar-refractivity contribution in [3.63, 3.8) is 0 Å². The summed E-state index contributed by atoms with van der Waals surface area (Å²) in [5.41, 5.74) is 5.41. The van der Waals surface area contributed by atoms with Gasteiger partial charge in [-0.05, 0) is 98.2 Å². The van der Waals surface area contributed by atoms with E-state index in [-0.39, 0.29) is 29.9 Å². The number of nitrogens with one attached hydrogen (secondary N) is 2. The van der Waals surface area contributed by atoms with E-state index >= 15 is 0 Å². The molecule has 3 aromatic carbocycles. The standard InChI is InChI=1S/C41H45N5O5/c1-45(19-20-46-21-23-50-24-22-46)41(49)31-10-4-9-29(25-31)39(47)44-37-16-15-33(51-32-11-6-12-32)27-35(37)38-26-30(17-18-42-38)40(48)43-36-14-5-8-28-7-2-3-13-34(28)36/h2-4,7,9-10,13,15-18,25-27,32,36H,5-6,8,11-12,14,19-24H2,1H3,(H,43,48)(H,44,47). The van der Waals surface area contributed by atoms with E-state index in [1.54, 1.807) is 54.5 Å². The first-order chi connectivity index (χ1) is 24.9. The number of amides is 3. The van der Waals surface area contributed by atoms with Crippen LogP contribution in [0.4, 0.5) is 5.69 Å². The molecule has 0 bridgehead atoms. The zero-order valence-electron chi connectivity index (χ0n) is 29.1.